The van der Waals surface area contributed by atoms with Crippen molar-refractivity contribution >= 4 is 22.4 Å². The van der Waals surface area contributed by atoms with Crippen LogP contribution in [0.3, 0.4) is 0 Å². The summed E-state index contributed by atoms with van der Waals surface area (Å²) in [7, 11) is 3.31. The number of likely N-dealkylation sites (tertiary alicyclic amines) is 1. The summed E-state index contributed by atoms with van der Waals surface area (Å²) in [5.74, 6) is 3.02. The molecule has 6 nitrogen and oxygen atoms in total. The van der Waals surface area contributed by atoms with Crippen molar-refractivity contribution in [3.8, 4) is 5.75 Å². The zero-order valence-corrected chi connectivity index (χ0v) is 26.7. The lowest BCUT2D eigenvalue weighted by molar-refractivity contribution is -0.116. The Morgan fingerprint density at radius 1 is 1.00 bits per heavy atom. The fraction of sp³-hybridized carbons (Fsp3) is 0.333. The molecule has 1 saturated carbocycles. The van der Waals surface area contributed by atoms with Gasteiger partial charge in [-0.1, -0.05) is 79.7 Å². The Labute approximate surface area is 267 Å². The van der Waals surface area contributed by atoms with Gasteiger partial charge in [-0.25, -0.2) is 0 Å². The number of allylic oxidation sites excluding steroid dienone is 3. The molecule has 0 N–H and O–H groups in total. The Morgan fingerprint density at radius 2 is 1.76 bits per heavy atom. The highest BCUT2D eigenvalue weighted by atomic mass is 16.5. The number of hydrogen-bond acceptors (Lipinski definition) is 6. The van der Waals surface area contributed by atoms with Gasteiger partial charge in [0.2, 0.25) is 0 Å². The fourth-order valence-corrected chi connectivity index (χ4v) is 6.60. The van der Waals surface area contributed by atoms with Gasteiger partial charge in [-0.05, 0) is 71.9 Å². The Hall–Kier alpha value is -4.58. The van der Waals surface area contributed by atoms with Crippen LogP contribution in [0, 0.1) is 5.92 Å². The van der Waals surface area contributed by atoms with Gasteiger partial charge < -0.3 is 14.4 Å². The van der Waals surface area contributed by atoms with Crippen molar-refractivity contribution in [3.05, 3.63) is 125 Å². The van der Waals surface area contributed by atoms with Gasteiger partial charge in [-0.15, -0.1) is 0 Å². The molecular formula is C39H43N3O3. The Kier molecular flexibility index (Phi) is 9.20. The summed E-state index contributed by atoms with van der Waals surface area (Å²) < 4.78 is 10.7. The number of Topliss-reactive ketones (excluding diaryl/α,β-unsaturated/α-hetero) is 1. The van der Waals surface area contributed by atoms with E-state index in [1.165, 1.54) is 22.8 Å². The quantitative estimate of drug-likeness (QED) is 0.165. The molecule has 1 atom stereocenters. The summed E-state index contributed by atoms with van der Waals surface area (Å²) in [6, 6.07) is 23.2. The van der Waals surface area contributed by atoms with E-state index in [-0.39, 0.29) is 11.8 Å². The van der Waals surface area contributed by atoms with Crippen LogP contribution in [0.2, 0.25) is 0 Å². The summed E-state index contributed by atoms with van der Waals surface area (Å²) in [5, 5.41) is 9.96. The largest absolute Gasteiger partial charge is 0.497 e. The summed E-state index contributed by atoms with van der Waals surface area (Å²) in [4.78, 5) is 16.7. The first-order chi connectivity index (χ1) is 21.9. The molecule has 2 bridgehead atoms. The highest BCUT2D eigenvalue weighted by Crippen LogP contribution is 2.42. The summed E-state index contributed by atoms with van der Waals surface area (Å²) in [6.45, 7) is 7.26. The van der Waals surface area contributed by atoms with Crippen molar-refractivity contribution in [3.63, 3.8) is 0 Å². The molecule has 6 rings (SSSR count). The molecule has 1 aliphatic carbocycles. The number of nitrogens with zero attached hydrogens (tertiary/aromatic N) is 3. The fourth-order valence-electron chi connectivity index (χ4n) is 6.60. The number of amidine groups is 1. The first-order valence-electron chi connectivity index (χ1n) is 16.0. The van der Waals surface area contributed by atoms with E-state index < -0.39 is 0 Å². The van der Waals surface area contributed by atoms with Crippen LogP contribution in [0.25, 0.3) is 10.8 Å². The van der Waals surface area contributed by atoms with Crippen molar-refractivity contribution in [2.24, 2.45) is 11.0 Å². The van der Waals surface area contributed by atoms with E-state index in [4.69, 9.17) is 14.6 Å². The number of carbonyl (C=O) groups is 1. The number of hydrogen-bond donors (Lipinski definition) is 0. The zero-order valence-electron chi connectivity index (χ0n) is 26.7. The molecule has 3 aliphatic rings. The van der Waals surface area contributed by atoms with Crippen LogP contribution in [0.5, 0.6) is 5.75 Å². The van der Waals surface area contributed by atoms with Gasteiger partial charge in [0, 0.05) is 42.6 Å². The zero-order chi connectivity index (χ0) is 31.3. The molecule has 0 spiro atoms. The molecule has 232 valence electrons. The third-order valence-corrected chi connectivity index (χ3v) is 9.43. The molecule has 0 radical (unpaired) electrons. The predicted octanol–water partition coefficient (Wildman–Crippen LogP) is 7.97. The molecule has 3 aromatic carbocycles. The predicted molar refractivity (Wildman–Crippen MR) is 182 cm³/mol. The van der Waals surface area contributed by atoms with Crippen LogP contribution in [-0.4, -0.2) is 48.3 Å². The van der Waals surface area contributed by atoms with Gasteiger partial charge in [-0.3, -0.25) is 9.80 Å². The van der Waals surface area contributed by atoms with Crippen LogP contribution < -0.4 is 4.74 Å². The van der Waals surface area contributed by atoms with Crippen LogP contribution in [-0.2, 0) is 22.5 Å². The Balaban J connectivity index is 1.40. The highest BCUT2D eigenvalue weighted by molar-refractivity contribution is 6.05. The molecule has 2 fully saturated rings. The number of carbonyl (C=O) groups excluding carboxylic acids is 1. The molecule has 6 heteroatoms. The maximum absolute atomic E-state index is 14.3. The third kappa shape index (κ3) is 6.75. The van der Waals surface area contributed by atoms with Crippen molar-refractivity contribution in [2.75, 3.05) is 20.8 Å². The van der Waals surface area contributed by atoms with E-state index in [1.54, 1.807) is 14.2 Å². The normalized spacial score (nSPS) is 19.1. The molecular weight excluding hydrogens is 558 g/mol. The maximum Gasteiger partial charge on any atom is 0.163 e. The van der Waals surface area contributed by atoms with E-state index in [1.807, 2.05) is 18.2 Å². The monoisotopic (exact) mass is 601 g/mol. The molecule has 2 aliphatic heterocycles. The number of benzene rings is 3. The number of ketones is 1. The average Bonchev–Trinajstić information content (AvgIpc) is 3.13. The van der Waals surface area contributed by atoms with Crippen LogP contribution in [0.4, 0.5) is 0 Å². The van der Waals surface area contributed by atoms with Gasteiger partial charge >= 0.3 is 0 Å². The molecule has 2 heterocycles. The smallest absolute Gasteiger partial charge is 0.163 e. The number of fused-ring (bicyclic) bond motifs is 3. The maximum atomic E-state index is 14.3. The second-order valence-corrected chi connectivity index (χ2v) is 12.3. The number of methoxy groups -OCH3 is 2. The van der Waals surface area contributed by atoms with Gasteiger partial charge in [0.05, 0.1) is 20.8 Å². The summed E-state index contributed by atoms with van der Waals surface area (Å²) >= 11 is 0. The molecule has 0 aromatic heterocycles. The number of hydrazone groups is 1. The van der Waals surface area contributed by atoms with Gasteiger partial charge in [0.25, 0.3) is 0 Å². The van der Waals surface area contributed by atoms with Crippen LogP contribution in [0.1, 0.15) is 50.2 Å². The molecule has 3 aromatic rings. The van der Waals surface area contributed by atoms with Crippen molar-refractivity contribution in [1.82, 2.24) is 9.91 Å². The van der Waals surface area contributed by atoms with Crippen molar-refractivity contribution < 1.29 is 14.3 Å². The van der Waals surface area contributed by atoms with E-state index in [0.29, 0.717) is 37.6 Å². The minimum Gasteiger partial charge on any atom is -0.497 e. The highest BCUT2D eigenvalue weighted by Gasteiger charge is 2.40. The first-order valence-corrected chi connectivity index (χ1v) is 16.0. The number of ether oxygens (including phenoxy) is 2. The second kappa shape index (κ2) is 13.6. The minimum atomic E-state index is -0.0348. The molecule has 1 unspecified atom stereocenters. The van der Waals surface area contributed by atoms with Gasteiger partial charge in [0.1, 0.15) is 17.3 Å². The van der Waals surface area contributed by atoms with Gasteiger partial charge in [-0.2, -0.15) is 5.10 Å². The summed E-state index contributed by atoms with van der Waals surface area (Å²) in [5.41, 5.74) is 5.57. The lowest BCUT2D eigenvalue weighted by Gasteiger charge is -2.40. The standard InChI is InChI=1S/C39H43N3O3/c1-5-28(14-13-27(2)44-3)25-41-34(22-30-15-18-31-9-6-7-10-33(31)21-30)23-37(43)36-24-38(41)40-42(39(36)32-11-8-12-32)26-29-16-19-35(45-4)20-17-29/h5-7,9-10,13-21,32,34H,2,8,11-12,22-26H2,1,3-4H3. The van der Waals surface area contributed by atoms with Crippen LogP contribution in [0.15, 0.2) is 119 Å². The van der Waals surface area contributed by atoms with E-state index in [9.17, 15) is 4.79 Å². The van der Waals surface area contributed by atoms with Crippen molar-refractivity contribution in [1.29, 1.82) is 0 Å². The SMILES string of the molecule is C=C(C=CC(=CC)CN1C2=NN(Cc3ccc(OC)cc3)C(C3CCC3)=C(C2)C(=O)CC1Cc1ccc2ccccc2c1)OC. The average molecular weight is 602 g/mol. The topological polar surface area (TPSA) is 54.4 Å². The second-order valence-electron chi connectivity index (χ2n) is 12.3. The lowest BCUT2D eigenvalue weighted by atomic mass is 9.79. The van der Waals surface area contributed by atoms with Crippen molar-refractivity contribution in [2.45, 2.75) is 58.0 Å². The van der Waals surface area contributed by atoms with E-state index >= 15 is 0 Å². The van der Waals surface area contributed by atoms with Crippen LogP contribution >= 0.6 is 0 Å². The number of rotatable bonds is 11. The van der Waals surface area contributed by atoms with E-state index in [0.717, 1.165) is 53.3 Å². The Morgan fingerprint density at radius 3 is 2.44 bits per heavy atom. The summed E-state index contributed by atoms with van der Waals surface area (Å²) in [6.07, 6.45) is 11.3. The molecule has 0 amide bonds. The minimum absolute atomic E-state index is 0.0348. The third-order valence-electron chi connectivity index (χ3n) is 9.43. The Bertz CT molecular complexity index is 1690. The van der Waals surface area contributed by atoms with E-state index in [2.05, 4.69) is 90.2 Å². The molecule has 1 saturated heterocycles. The first kappa shape index (κ1) is 30.4. The lowest BCUT2D eigenvalue weighted by Crippen LogP contribution is -2.44. The van der Waals surface area contributed by atoms with Gasteiger partial charge in [0.15, 0.2) is 5.78 Å². The molecule has 45 heavy (non-hydrogen) atoms.